The molecule has 2 aromatic carbocycles. The van der Waals surface area contributed by atoms with Gasteiger partial charge in [-0.15, -0.1) is 0 Å². The fraction of sp³-hybridized carbons (Fsp3) is 0.571. The van der Waals surface area contributed by atoms with Crippen LogP contribution in [0.3, 0.4) is 0 Å². The van der Waals surface area contributed by atoms with Gasteiger partial charge in [-0.3, -0.25) is 19.2 Å². The zero-order valence-corrected chi connectivity index (χ0v) is 34.3. The summed E-state index contributed by atoms with van der Waals surface area (Å²) in [4.78, 5) is 55.2. The molecule has 2 aliphatic carbocycles. The van der Waals surface area contributed by atoms with Gasteiger partial charge in [-0.2, -0.15) is 0 Å². The number of fused-ring (bicyclic) bond motifs is 3. The molecule has 2 aromatic rings. The second-order valence-electron chi connectivity index (χ2n) is 16.4. The minimum absolute atomic E-state index is 0.0145. The molecule has 18 nitrogen and oxygen atoms in total. The lowest BCUT2D eigenvalue weighted by atomic mass is 9.67. The summed E-state index contributed by atoms with van der Waals surface area (Å²) in [6.07, 6.45) is -7.59. The van der Waals surface area contributed by atoms with Crippen LogP contribution in [0.4, 0.5) is 0 Å². The van der Waals surface area contributed by atoms with Crippen LogP contribution in [0.15, 0.2) is 30.0 Å². The van der Waals surface area contributed by atoms with Crippen molar-refractivity contribution in [3.63, 3.8) is 0 Å². The van der Waals surface area contributed by atoms with Gasteiger partial charge in [0.1, 0.15) is 41.5 Å². The SMILES string of the molecule is CC[C@@]1(O)C[C@H](OC2CC(N(C)C)[C@H](OC3CC(O)[C@H](OC4OC(C)C(=O)C=C4N)C(C)O3)C(C)O2)c2c(cc3c(c2O)C(=O)c2c(O)ccc(O)c2C3=O)[C@H]1C(=O)OC. The van der Waals surface area contributed by atoms with Gasteiger partial charge >= 0.3 is 5.97 Å². The van der Waals surface area contributed by atoms with Gasteiger partial charge in [-0.25, -0.2) is 0 Å². The van der Waals surface area contributed by atoms with E-state index in [1.807, 2.05) is 19.0 Å². The van der Waals surface area contributed by atoms with Crippen LogP contribution in [0.5, 0.6) is 17.2 Å². The largest absolute Gasteiger partial charge is 0.507 e. The number of ketones is 3. The Hall–Kier alpha value is -4.50. The van der Waals surface area contributed by atoms with Gasteiger partial charge in [0.15, 0.2) is 30.4 Å². The highest BCUT2D eigenvalue weighted by Gasteiger charge is 2.54. The van der Waals surface area contributed by atoms with E-state index in [0.717, 1.165) is 19.2 Å². The van der Waals surface area contributed by atoms with Crippen molar-refractivity contribution in [1.82, 2.24) is 4.90 Å². The van der Waals surface area contributed by atoms with Crippen molar-refractivity contribution in [3.05, 3.63) is 63.4 Å². The number of carbonyl (C=O) groups is 4. The molecule has 2 fully saturated rings. The summed E-state index contributed by atoms with van der Waals surface area (Å²) in [5.74, 6) is -6.24. The molecule has 5 aliphatic rings. The maximum atomic E-state index is 14.0. The molecule has 7 rings (SSSR count). The number of likely N-dealkylation sites (N-methyl/N-ethyl adjacent to an activating group) is 1. The summed E-state index contributed by atoms with van der Waals surface area (Å²) < 4.78 is 42.3. The Bertz CT molecular complexity index is 2090. The molecule has 2 saturated heterocycles. The molecule has 0 saturated carbocycles. The maximum Gasteiger partial charge on any atom is 0.316 e. The first-order valence-electron chi connectivity index (χ1n) is 19.9. The summed E-state index contributed by atoms with van der Waals surface area (Å²) in [5.41, 5.74) is 2.42. The van der Waals surface area contributed by atoms with Crippen LogP contribution >= 0.6 is 0 Å². The highest BCUT2D eigenvalue weighted by Crippen LogP contribution is 2.54. The number of nitrogens with two attached hydrogens (primary N) is 1. The zero-order chi connectivity index (χ0) is 43.7. The van der Waals surface area contributed by atoms with Crippen molar-refractivity contribution in [2.75, 3.05) is 21.2 Å². The maximum absolute atomic E-state index is 14.0. The molecule has 7 N–H and O–H groups in total. The van der Waals surface area contributed by atoms with Gasteiger partial charge in [0, 0.05) is 42.5 Å². The number of hydrogen-bond donors (Lipinski definition) is 6. The Morgan fingerprint density at radius 1 is 0.900 bits per heavy atom. The number of aliphatic hydroxyl groups is 2. The summed E-state index contributed by atoms with van der Waals surface area (Å²) >= 11 is 0. The topological polar surface area (TPSA) is 263 Å². The number of methoxy groups -OCH3 is 1. The van der Waals surface area contributed by atoms with Crippen molar-refractivity contribution in [1.29, 1.82) is 0 Å². The second kappa shape index (κ2) is 16.4. The Labute approximate surface area is 345 Å². The third-order valence-electron chi connectivity index (χ3n) is 12.4. The first kappa shape index (κ1) is 43.6. The molecule has 0 amide bonds. The van der Waals surface area contributed by atoms with Crippen LogP contribution in [-0.2, 0) is 42.7 Å². The number of rotatable bonds is 9. The number of esters is 1. The van der Waals surface area contributed by atoms with E-state index in [1.165, 1.54) is 12.1 Å². The van der Waals surface area contributed by atoms with Crippen LogP contribution < -0.4 is 5.73 Å². The first-order valence-corrected chi connectivity index (χ1v) is 19.9. The van der Waals surface area contributed by atoms with Crippen molar-refractivity contribution in [3.8, 4) is 17.2 Å². The normalized spacial score (nSPS) is 35.4. The van der Waals surface area contributed by atoms with Gasteiger partial charge < -0.3 is 69.3 Å². The second-order valence-corrected chi connectivity index (χ2v) is 16.4. The zero-order valence-electron chi connectivity index (χ0n) is 34.3. The highest BCUT2D eigenvalue weighted by atomic mass is 16.7. The molecule has 326 valence electrons. The monoisotopic (exact) mass is 840 g/mol. The van der Waals surface area contributed by atoms with E-state index in [1.54, 1.807) is 27.7 Å². The number of nitrogens with zero attached hydrogens (tertiary/aromatic N) is 1. The Kier molecular flexibility index (Phi) is 11.9. The third-order valence-corrected chi connectivity index (χ3v) is 12.4. The minimum atomic E-state index is -1.82. The fourth-order valence-electron chi connectivity index (χ4n) is 9.16. The average molecular weight is 841 g/mol. The van der Waals surface area contributed by atoms with E-state index in [2.05, 4.69) is 0 Å². The highest BCUT2D eigenvalue weighted by molar-refractivity contribution is 6.31. The Morgan fingerprint density at radius 2 is 1.52 bits per heavy atom. The quantitative estimate of drug-likeness (QED) is 0.133. The summed E-state index contributed by atoms with van der Waals surface area (Å²) in [7, 11) is 4.81. The number of aliphatic hydroxyl groups excluding tert-OH is 1. The smallest absolute Gasteiger partial charge is 0.316 e. The molecule has 3 aliphatic heterocycles. The van der Waals surface area contributed by atoms with Crippen LogP contribution in [0.1, 0.15) is 108 Å². The lowest BCUT2D eigenvalue weighted by molar-refractivity contribution is -0.321. The van der Waals surface area contributed by atoms with Crippen molar-refractivity contribution < 1.29 is 77.9 Å². The van der Waals surface area contributed by atoms with Gasteiger partial charge in [0.05, 0.1) is 59.5 Å². The molecular weight excluding hydrogens is 788 g/mol. The summed E-state index contributed by atoms with van der Waals surface area (Å²) in [6.45, 7) is 6.71. The number of hydrogen-bond acceptors (Lipinski definition) is 18. The number of phenols is 3. The van der Waals surface area contributed by atoms with Gasteiger partial charge in [-0.05, 0) is 65.0 Å². The van der Waals surface area contributed by atoms with Gasteiger partial charge in [0.2, 0.25) is 5.78 Å². The van der Waals surface area contributed by atoms with Crippen LogP contribution in [-0.4, -0.2) is 142 Å². The first-order chi connectivity index (χ1) is 28.3. The number of carbonyl (C=O) groups excluding carboxylic acids is 4. The van der Waals surface area contributed by atoms with Crippen LogP contribution in [0.25, 0.3) is 0 Å². The van der Waals surface area contributed by atoms with E-state index in [-0.39, 0.29) is 59.9 Å². The minimum Gasteiger partial charge on any atom is -0.507 e. The van der Waals surface area contributed by atoms with Crippen molar-refractivity contribution in [2.45, 2.75) is 133 Å². The molecule has 0 aromatic heterocycles. The predicted molar refractivity (Wildman–Crippen MR) is 206 cm³/mol. The van der Waals surface area contributed by atoms with Crippen LogP contribution in [0, 0.1) is 0 Å². The predicted octanol–water partition coefficient (Wildman–Crippen LogP) is 1.93. The Morgan fingerprint density at radius 3 is 2.12 bits per heavy atom. The van der Waals surface area contributed by atoms with E-state index in [0.29, 0.717) is 0 Å². The lowest BCUT2D eigenvalue weighted by Crippen LogP contribution is -2.58. The van der Waals surface area contributed by atoms with E-state index >= 15 is 0 Å². The molecule has 18 heteroatoms. The molecule has 3 heterocycles. The molecule has 13 atom stereocenters. The third kappa shape index (κ3) is 7.47. The fourth-order valence-corrected chi connectivity index (χ4v) is 9.16. The number of benzene rings is 2. The Balaban J connectivity index is 1.15. The van der Waals surface area contributed by atoms with Gasteiger partial charge in [-0.1, -0.05) is 6.92 Å². The van der Waals surface area contributed by atoms with Gasteiger partial charge in [0.25, 0.3) is 0 Å². The standard InChI is InChI=1S/C42H52N2O16/c1-8-42(53)15-27(30-19(34(42)40(52)54-7)11-20-31(36(30)50)37(51)33-24(46)10-9-23(45)32(33)35(20)49)58-28-13-22(44(5)6)38(17(3)55-28)59-29-14-26(48)39(18(4)56-29)60-41-21(43)12-25(47)16(2)57-41/h9-12,16-18,22,26-29,34,38-39,41,45-46,48,50,53H,8,13-15,43H2,1-7H3/t16?,17?,18?,22?,26?,27-,28?,29?,34-,38+,39+,41?,42+/m0/s1. The summed E-state index contributed by atoms with van der Waals surface area (Å²) in [5, 5.41) is 56.5. The molecule has 8 unspecified atom stereocenters. The van der Waals surface area contributed by atoms with E-state index in [9.17, 15) is 44.7 Å². The summed E-state index contributed by atoms with van der Waals surface area (Å²) in [6, 6.07) is 2.97. The number of phenolic OH excluding ortho intramolecular Hbond substituents is 3. The van der Waals surface area contributed by atoms with Crippen molar-refractivity contribution in [2.24, 2.45) is 5.73 Å². The number of aromatic hydroxyl groups is 3. The van der Waals surface area contributed by atoms with Crippen molar-refractivity contribution >= 4 is 23.3 Å². The molecule has 60 heavy (non-hydrogen) atoms. The van der Waals surface area contributed by atoms with E-state index in [4.69, 9.17) is 38.9 Å². The molecule has 0 spiro atoms. The lowest BCUT2D eigenvalue weighted by Gasteiger charge is -2.48. The number of ether oxygens (including phenoxy) is 7. The molecule has 0 bridgehead atoms. The van der Waals surface area contributed by atoms with Crippen LogP contribution in [0.2, 0.25) is 0 Å². The average Bonchev–Trinajstić information content (AvgIpc) is 3.18. The molecule has 0 radical (unpaired) electrons. The molecular formula is C42H52N2O16. The van der Waals surface area contributed by atoms with E-state index < -0.39 is 125 Å².